The van der Waals surface area contributed by atoms with Gasteiger partial charge in [-0.3, -0.25) is 0 Å². The normalized spacial score (nSPS) is 40.0. The average Bonchev–Trinajstić information content (AvgIpc) is 3.07. The molecule has 0 aromatic heterocycles. The third kappa shape index (κ3) is 1.79. The van der Waals surface area contributed by atoms with Crippen LogP contribution in [-0.4, -0.2) is 23.4 Å². The zero-order valence-electron chi connectivity index (χ0n) is 13.1. The zero-order chi connectivity index (χ0) is 14.8. The van der Waals surface area contributed by atoms with Gasteiger partial charge in [-0.05, 0) is 62.1 Å². The van der Waals surface area contributed by atoms with Crippen molar-refractivity contribution in [3.8, 4) is 0 Å². The van der Waals surface area contributed by atoms with Gasteiger partial charge in [0.2, 0.25) is 0 Å². The molecule has 2 nitrogen and oxygen atoms in total. The van der Waals surface area contributed by atoms with Crippen LogP contribution >= 0.6 is 0 Å². The van der Waals surface area contributed by atoms with Gasteiger partial charge in [0.25, 0.3) is 0 Å². The van der Waals surface area contributed by atoms with E-state index in [9.17, 15) is 5.11 Å². The minimum absolute atomic E-state index is 0.125. The highest BCUT2D eigenvalue weighted by molar-refractivity contribution is 5.41. The highest BCUT2D eigenvalue weighted by Gasteiger charge is 2.59. The second-order valence-electron chi connectivity index (χ2n) is 7.31. The summed E-state index contributed by atoms with van der Waals surface area (Å²) in [6.45, 7) is 6.79. The van der Waals surface area contributed by atoms with E-state index in [1.807, 2.05) is 0 Å². The molecule has 112 valence electrons. The SMILES string of the molecule is Cc1cc(C)c(C2CC3C4C=CC(CO)(O4)C3C2)c(C)c1. The maximum absolute atomic E-state index is 9.82. The van der Waals surface area contributed by atoms with Crippen LogP contribution in [0.4, 0.5) is 0 Å². The van der Waals surface area contributed by atoms with Gasteiger partial charge in [0.05, 0.1) is 12.7 Å². The molecule has 2 bridgehead atoms. The summed E-state index contributed by atoms with van der Waals surface area (Å²) in [6.07, 6.45) is 6.88. The number of benzene rings is 1. The van der Waals surface area contributed by atoms with Crippen molar-refractivity contribution in [2.75, 3.05) is 6.61 Å². The second-order valence-corrected chi connectivity index (χ2v) is 7.31. The fourth-order valence-electron chi connectivity index (χ4n) is 5.30. The van der Waals surface area contributed by atoms with Gasteiger partial charge in [-0.2, -0.15) is 0 Å². The first kappa shape index (κ1) is 13.5. The molecule has 0 amide bonds. The third-order valence-corrected chi connectivity index (χ3v) is 5.98. The number of ether oxygens (including phenoxy) is 1. The Hall–Kier alpha value is -1.12. The van der Waals surface area contributed by atoms with E-state index in [0.717, 1.165) is 6.42 Å². The van der Waals surface area contributed by atoms with E-state index in [1.165, 1.54) is 23.1 Å². The summed E-state index contributed by atoms with van der Waals surface area (Å²) in [5, 5.41) is 9.82. The molecular weight excluding hydrogens is 260 g/mol. The predicted octanol–water partition coefficient (Wildman–Crippen LogP) is 3.42. The predicted molar refractivity (Wildman–Crippen MR) is 83.4 cm³/mol. The minimum atomic E-state index is -0.378. The fourth-order valence-corrected chi connectivity index (χ4v) is 5.30. The second kappa shape index (κ2) is 4.44. The first-order chi connectivity index (χ1) is 10.0. The van der Waals surface area contributed by atoms with Crippen molar-refractivity contribution < 1.29 is 9.84 Å². The summed E-state index contributed by atoms with van der Waals surface area (Å²) in [5.41, 5.74) is 5.37. The Morgan fingerprint density at radius 3 is 2.57 bits per heavy atom. The molecule has 2 heteroatoms. The lowest BCUT2D eigenvalue weighted by atomic mass is 9.78. The molecule has 1 saturated carbocycles. The quantitative estimate of drug-likeness (QED) is 0.843. The van der Waals surface area contributed by atoms with Crippen molar-refractivity contribution in [2.45, 2.75) is 51.2 Å². The molecule has 1 saturated heterocycles. The van der Waals surface area contributed by atoms with E-state index in [0.29, 0.717) is 17.8 Å². The van der Waals surface area contributed by atoms with Crippen LogP contribution in [0.25, 0.3) is 0 Å². The van der Waals surface area contributed by atoms with Gasteiger partial charge >= 0.3 is 0 Å². The molecule has 3 aliphatic rings. The summed E-state index contributed by atoms with van der Waals surface area (Å²) >= 11 is 0. The Kier molecular flexibility index (Phi) is 2.86. The average molecular weight is 284 g/mol. The van der Waals surface area contributed by atoms with Crippen LogP contribution in [0.15, 0.2) is 24.3 Å². The standard InChI is InChI=1S/C19H24O2/c1-11-6-12(2)18(13(3)7-11)14-8-15-16(9-14)19(10-20)5-4-17(15)21-19/h4-7,14-17,20H,8-10H2,1-3H3. The first-order valence-corrected chi connectivity index (χ1v) is 8.10. The number of aryl methyl sites for hydroxylation is 3. The Morgan fingerprint density at radius 2 is 1.90 bits per heavy atom. The largest absolute Gasteiger partial charge is 0.393 e. The molecule has 4 rings (SSSR count). The number of hydrogen-bond acceptors (Lipinski definition) is 2. The molecule has 5 atom stereocenters. The molecule has 2 aliphatic heterocycles. The minimum Gasteiger partial charge on any atom is -0.393 e. The molecule has 1 aromatic rings. The Labute approximate surface area is 126 Å². The Bertz CT molecular complexity index is 595. The molecule has 1 N–H and O–H groups in total. The maximum Gasteiger partial charge on any atom is 0.113 e. The van der Waals surface area contributed by atoms with E-state index >= 15 is 0 Å². The molecule has 21 heavy (non-hydrogen) atoms. The van der Waals surface area contributed by atoms with Gasteiger partial charge in [0, 0.05) is 5.92 Å². The summed E-state index contributed by atoms with van der Waals surface area (Å²) in [4.78, 5) is 0. The summed E-state index contributed by atoms with van der Waals surface area (Å²) < 4.78 is 6.08. The Balaban J connectivity index is 1.67. The van der Waals surface area contributed by atoms with E-state index in [-0.39, 0.29) is 18.3 Å². The fraction of sp³-hybridized carbons (Fsp3) is 0.579. The van der Waals surface area contributed by atoms with Crippen LogP contribution in [0.5, 0.6) is 0 Å². The number of rotatable bonds is 2. The van der Waals surface area contributed by atoms with Crippen LogP contribution in [0, 0.1) is 32.6 Å². The molecular formula is C19H24O2. The first-order valence-electron chi connectivity index (χ1n) is 8.10. The van der Waals surface area contributed by atoms with Gasteiger partial charge < -0.3 is 9.84 Å². The third-order valence-electron chi connectivity index (χ3n) is 5.98. The van der Waals surface area contributed by atoms with Crippen molar-refractivity contribution in [1.29, 1.82) is 0 Å². The van der Waals surface area contributed by atoms with Crippen molar-refractivity contribution in [1.82, 2.24) is 0 Å². The van der Waals surface area contributed by atoms with Crippen LogP contribution in [0.2, 0.25) is 0 Å². The molecule has 0 radical (unpaired) electrons. The monoisotopic (exact) mass is 284 g/mol. The highest BCUT2D eigenvalue weighted by Crippen LogP contribution is 2.58. The van der Waals surface area contributed by atoms with Crippen molar-refractivity contribution >= 4 is 0 Å². The number of aliphatic hydroxyl groups excluding tert-OH is 1. The van der Waals surface area contributed by atoms with E-state index in [4.69, 9.17) is 4.74 Å². The van der Waals surface area contributed by atoms with E-state index < -0.39 is 0 Å². The molecule has 5 unspecified atom stereocenters. The summed E-state index contributed by atoms with van der Waals surface area (Å²) in [5.74, 6) is 1.70. The number of aliphatic hydroxyl groups is 1. The molecule has 2 heterocycles. The lowest BCUT2D eigenvalue weighted by Gasteiger charge is -2.28. The molecule has 0 spiro atoms. The zero-order valence-corrected chi connectivity index (χ0v) is 13.1. The Morgan fingerprint density at radius 1 is 1.19 bits per heavy atom. The van der Waals surface area contributed by atoms with Gasteiger partial charge in [-0.25, -0.2) is 0 Å². The van der Waals surface area contributed by atoms with Gasteiger partial charge in [0.15, 0.2) is 0 Å². The maximum atomic E-state index is 9.82. The lowest BCUT2D eigenvalue weighted by molar-refractivity contribution is -0.0320. The van der Waals surface area contributed by atoms with E-state index in [2.05, 4.69) is 45.1 Å². The van der Waals surface area contributed by atoms with Gasteiger partial charge in [-0.15, -0.1) is 0 Å². The highest BCUT2D eigenvalue weighted by atomic mass is 16.5. The lowest BCUT2D eigenvalue weighted by Crippen LogP contribution is -2.37. The van der Waals surface area contributed by atoms with Crippen molar-refractivity contribution in [2.24, 2.45) is 11.8 Å². The topological polar surface area (TPSA) is 29.5 Å². The van der Waals surface area contributed by atoms with Gasteiger partial charge in [-0.1, -0.05) is 29.8 Å². The van der Waals surface area contributed by atoms with Crippen LogP contribution in [-0.2, 0) is 4.74 Å². The van der Waals surface area contributed by atoms with Crippen molar-refractivity contribution in [3.63, 3.8) is 0 Å². The molecule has 2 fully saturated rings. The van der Waals surface area contributed by atoms with Crippen LogP contribution < -0.4 is 0 Å². The van der Waals surface area contributed by atoms with E-state index in [1.54, 1.807) is 5.56 Å². The number of hydrogen-bond donors (Lipinski definition) is 1. The van der Waals surface area contributed by atoms with Crippen LogP contribution in [0.1, 0.15) is 41.0 Å². The molecule has 1 aromatic carbocycles. The summed E-state index contributed by atoms with van der Waals surface area (Å²) in [6, 6.07) is 4.61. The molecule has 1 aliphatic carbocycles. The van der Waals surface area contributed by atoms with Gasteiger partial charge in [0.1, 0.15) is 5.60 Å². The summed E-state index contributed by atoms with van der Waals surface area (Å²) in [7, 11) is 0. The van der Waals surface area contributed by atoms with Crippen LogP contribution in [0.3, 0.4) is 0 Å². The number of fused-ring (bicyclic) bond motifs is 5. The van der Waals surface area contributed by atoms with Crippen molar-refractivity contribution in [3.05, 3.63) is 46.5 Å². The smallest absolute Gasteiger partial charge is 0.113 e.